The quantitative estimate of drug-likeness (QED) is 0.802. The van der Waals surface area contributed by atoms with E-state index in [1.165, 1.54) is 12.1 Å². The lowest BCUT2D eigenvalue weighted by atomic mass is 10.2. The fourth-order valence-corrected chi connectivity index (χ4v) is 2.36. The third-order valence-electron chi connectivity index (χ3n) is 2.80. The van der Waals surface area contributed by atoms with Crippen molar-refractivity contribution >= 4 is 45.1 Å². The highest BCUT2D eigenvalue weighted by Crippen LogP contribution is 2.20. The van der Waals surface area contributed by atoms with Gasteiger partial charge in [0.2, 0.25) is 0 Å². The first-order chi connectivity index (χ1) is 11.0. The van der Waals surface area contributed by atoms with Gasteiger partial charge in [0.1, 0.15) is 6.07 Å². The molecule has 0 atom stereocenters. The number of nitriles is 1. The molecule has 0 bridgehead atoms. The van der Waals surface area contributed by atoms with Crippen molar-refractivity contribution < 1.29 is 14.3 Å². The summed E-state index contributed by atoms with van der Waals surface area (Å²) in [7, 11) is 0. The minimum absolute atomic E-state index is 0.264. The predicted molar refractivity (Wildman–Crippen MR) is 89.2 cm³/mol. The van der Waals surface area contributed by atoms with Crippen molar-refractivity contribution in [2.24, 2.45) is 0 Å². The van der Waals surface area contributed by atoms with Crippen LogP contribution in [0.2, 0.25) is 5.02 Å². The van der Waals surface area contributed by atoms with Gasteiger partial charge in [0, 0.05) is 9.50 Å². The lowest BCUT2D eigenvalue weighted by Crippen LogP contribution is -2.21. The molecule has 0 aromatic heterocycles. The van der Waals surface area contributed by atoms with Crippen LogP contribution in [-0.4, -0.2) is 18.5 Å². The summed E-state index contributed by atoms with van der Waals surface area (Å²) in [5.74, 6) is -1.19. The zero-order valence-corrected chi connectivity index (χ0v) is 14.0. The van der Waals surface area contributed by atoms with Gasteiger partial charge < -0.3 is 10.1 Å². The molecule has 0 aliphatic carbocycles. The molecular weight excluding hydrogens is 384 g/mol. The highest BCUT2D eigenvalue weighted by molar-refractivity contribution is 9.10. The Morgan fingerprint density at radius 2 is 2.00 bits per heavy atom. The van der Waals surface area contributed by atoms with Crippen LogP contribution in [-0.2, 0) is 9.53 Å². The fraction of sp³-hybridized carbons (Fsp3) is 0.0625. The summed E-state index contributed by atoms with van der Waals surface area (Å²) >= 11 is 9.06. The molecule has 2 aromatic carbocycles. The number of hydrogen-bond donors (Lipinski definition) is 1. The van der Waals surface area contributed by atoms with Crippen LogP contribution in [0.3, 0.4) is 0 Å². The molecule has 0 heterocycles. The van der Waals surface area contributed by atoms with Crippen LogP contribution < -0.4 is 5.32 Å². The van der Waals surface area contributed by atoms with Crippen molar-refractivity contribution in [2.45, 2.75) is 0 Å². The van der Waals surface area contributed by atoms with E-state index in [4.69, 9.17) is 21.6 Å². The van der Waals surface area contributed by atoms with Gasteiger partial charge in [-0.25, -0.2) is 4.79 Å². The number of carbonyl (C=O) groups excluding carboxylic acids is 2. The van der Waals surface area contributed by atoms with Gasteiger partial charge in [-0.2, -0.15) is 5.26 Å². The molecule has 2 rings (SSSR count). The Kier molecular flexibility index (Phi) is 5.74. The number of anilines is 1. The van der Waals surface area contributed by atoms with E-state index in [1.54, 1.807) is 30.3 Å². The number of hydrogen-bond acceptors (Lipinski definition) is 4. The van der Waals surface area contributed by atoms with Gasteiger partial charge in [-0.15, -0.1) is 0 Å². The zero-order chi connectivity index (χ0) is 16.8. The molecule has 0 aliphatic heterocycles. The molecule has 7 heteroatoms. The van der Waals surface area contributed by atoms with Crippen LogP contribution in [0.25, 0.3) is 0 Å². The lowest BCUT2D eigenvalue weighted by molar-refractivity contribution is -0.119. The number of halogens is 2. The smallest absolute Gasteiger partial charge is 0.339 e. The number of nitrogens with zero attached hydrogens (tertiary/aromatic N) is 1. The predicted octanol–water partition coefficient (Wildman–Crippen LogP) is 3.77. The zero-order valence-electron chi connectivity index (χ0n) is 11.7. The van der Waals surface area contributed by atoms with E-state index in [0.717, 1.165) is 0 Å². The third-order valence-corrected chi connectivity index (χ3v) is 3.73. The number of carbonyl (C=O) groups is 2. The van der Waals surface area contributed by atoms with Gasteiger partial charge in [0.05, 0.1) is 16.8 Å². The van der Waals surface area contributed by atoms with Gasteiger partial charge in [0.15, 0.2) is 6.61 Å². The van der Waals surface area contributed by atoms with E-state index in [9.17, 15) is 9.59 Å². The van der Waals surface area contributed by atoms with Crippen molar-refractivity contribution in [3.63, 3.8) is 0 Å². The van der Waals surface area contributed by atoms with Gasteiger partial charge in [0.25, 0.3) is 5.91 Å². The second kappa shape index (κ2) is 7.77. The highest BCUT2D eigenvalue weighted by Gasteiger charge is 2.14. The minimum Gasteiger partial charge on any atom is -0.452 e. The Labute approximate surface area is 145 Å². The molecule has 5 nitrogen and oxygen atoms in total. The van der Waals surface area contributed by atoms with Crippen molar-refractivity contribution in [3.05, 3.63) is 63.1 Å². The van der Waals surface area contributed by atoms with Gasteiger partial charge in [-0.3, -0.25) is 4.79 Å². The van der Waals surface area contributed by atoms with E-state index in [-0.39, 0.29) is 11.3 Å². The first-order valence-corrected chi connectivity index (χ1v) is 7.59. The summed E-state index contributed by atoms with van der Waals surface area (Å²) < 4.78 is 5.53. The summed E-state index contributed by atoms with van der Waals surface area (Å²) in [6, 6.07) is 13.1. The van der Waals surface area contributed by atoms with Gasteiger partial charge in [-0.05, 0) is 46.3 Å². The van der Waals surface area contributed by atoms with Crippen molar-refractivity contribution in [3.8, 4) is 6.07 Å². The summed E-state index contributed by atoms with van der Waals surface area (Å²) in [4.78, 5) is 23.8. The molecule has 1 N–H and O–H groups in total. The SMILES string of the molecule is N#Cc1ccc(Cl)cc1NC(=O)COC(=O)c1ccccc1Br. The maximum Gasteiger partial charge on any atom is 0.339 e. The Morgan fingerprint density at radius 1 is 1.26 bits per heavy atom. The Morgan fingerprint density at radius 3 is 2.70 bits per heavy atom. The van der Waals surface area contributed by atoms with Crippen LogP contribution in [0.15, 0.2) is 46.9 Å². The van der Waals surface area contributed by atoms with E-state index >= 15 is 0 Å². The second-order valence-electron chi connectivity index (χ2n) is 4.41. The van der Waals surface area contributed by atoms with E-state index in [1.807, 2.05) is 6.07 Å². The summed E-state index contributed by atoms with van der Waals surface area (Å²) in [5.41, 5.74) is 0.850. The molecule has 0 saturated heterocycles. The molecule has 116 valence electrons. The first kappa shape index (κ1) is 17.0. The number of rotatable bonds is 4. The molecule has 0 unspecified atom stereocenters. The van der Waals surface area contributed by atoms with Crippen molar-refractivity contribution in [1.29, 1.82) is 5.26 Å². The minimum atomic E-state index is -0.626. The molecule has 1 amide bonds. The van der Waals surface area contributed by atoms with Crippen LogP contribution in [0.4, 0.5) is 5.69 Å². The molecule has 0 saturated carbocycles. The average Bonchev–Trinajstić information content (AvgIpc) is 2.53. The normalized spacial score (nSPS) is 9.78. The molecule has 23 heavy (non-hydrogen) atoms. The number of benzene rings is 2. The first-order valence-electron chi connectivity index (χ1n) is 6.42. The standard InChI is InChI=1S/C16H10BrClN2O3/c17-13-4-2-1-3-12(13)16(22)23-9-15(21)20-14-7-11(18)6-5-10(14)8-19/h1-7H,9H2,(H,20,21). The Bertz CT molecular complexity index is 802. The van der Waals surface area contributed by atoms with Gasteiger partial charge in [-0.1, -0.05) is 23.7 Å². The van der Waals surface area contributed by atoms with Crippen molar-refractivity contribution in [2.75, 3.05) is 11.9 Å². The number of nitrogens with one attached hydrogen (secondary N) is 1. The van der Waals surface area contributed by atoms with Crippen LogP contribution in [0.1, 0.15) is 15.9 Å². The Balaban J connectivity index is 1.99. The van der Waals surface area contributed by atoms with E-state index in [2.05, 4.69) is 21.2 Å². The monoisotopic (exact) mass is 392 g/mol. The molecule has 0 aliphatic rings. The summed E-state index contributed by atoms with van der Waals surface area (Å²) in [6.45, 7) is -0.475. The van der Waals surface area contributed by atoms with Crippen LogP contribution >= 0.6 is 27.5 Å². The van der Waals surface area contributed by atoms with Gasteiger partial charge >= 0.3 is 5.97 Å². The number of amides is 1. The lowest BCUT2D eigenvalue weighted by Gasteiger charge is -2.09. The topological polar surface area (TPSA) is 79.2 Å². The van der Waals surface area contributed by atoms with E-state index in [0.29, 0.717) is 15.1 Å². The third kappa shape index (κ3) is 4.55. The Hall–Kier alpha value is -2.36. The highest BCUT2D eigenvalue weighted by atomic mass is 79.9. The summed E-state index contributed by atoms with van der Waals surface area (Å²) in [5, 5.41) is 11.9. The molecule has 0 spiro atoms. The second-order valence-corrected chi connectivity index (χ2v) is 5.70. The molecule has 0 fully saturated rings. The maximum absolute atomic E-state index is 11.9. The van der Waals surface area contributed by atoms with Crippen LogP contribution in [0.5, 0.6) is 0 Å². The number of esters is 1. The van der Waals surface area contributed by atoms with E-state index < -0.39 is 18.5 Å². The van der Waals surface area contributed by atoms with Crippen molar-refractivity contribution in [1.82, 2.24) is 0 Å². The molecule has 0 radical (unpaired) electrons. The molecular formula is C16H10BrClN2O3. The number of ether oxygens (including phenoxy) is 1. The average molecular weight is 394 g/mol. The largest absolute Gasteiger partial charge is 0.452 e. The molecule has 2 aromatic rings. The summed E-state index contributed by atoms with van der Waals surface area (Å²) in [6.07, 6.45) is 0. The van der Waals surface area contributed by atoms with Crippen LogP contribution in [0, 0.1) is 11.3 Å². The maximum atomic E-state index is 11.9. The fourth-order valence-electron chi connectivity index (χ4n) is 1.74.